The number of esters is 2. The monoisotopic (exact) mass is 1200 g/mol. The molecule has 0 heterocycles. The van der Waals surface area contributed by atoms with Crippen LogP contribution in [0.2, 0.25) is 0 Å². The van der Waals surface area contributed by atoms with E-state index in [1.165, 1.54) is 308 Å². The number of allylic oxidation sites excluding steroid dienone is 6. The van der Waals surface area contributed by atoms with Crippen molar-refractivity contribution in [1.82, 2.24) is 0 Å². The van der Waals surface area contributed by atoms with Gasteiger partial charge in [-0.1, -0.05) is 365 Å². The Morgan fingerprint density at radius 1 is 0.357 bits per heavy atom. The number of carbonyl (C=O) groups is 2. The summed E-state index contributed by atoms with van der Waals surface area (Å²) < 4.78 is 33.2. The number of phosphoric ester groups is 1. The summed E-state index contributed by atoms with van der Waals surface area (Å²) in [6.45, 7) is 3.81. The van der Waals surface area contributed by atoms with E-state index < -0.39 is 26.5 Å². The molecular formula is C74H142NO8P. The van der Waals surface area contributed by atoms with Crippen molar-refractivity contribution < 1.29 is 37.6 Å². The van der Waals surface area contributed by atoms with Crippen LogP contribution >= 0.6 is 7.82 Å². The molecule has 10 heteroatoms. The van der Waals surface area contributed by atoms with Crippen LogP contribution in [0.15, 0.2) is 36.5 Å². The van der Waals surface area contributed by atoms with Gasteiger partial charge in [0.2, 0.25) is 0 Å². The summed E-state index contributed by atoms with van der Waals surface area (Å²) >= 11 is 0. The van der Waals surface area contributed by atoms with Crippen LogP contribution in [0, 0.1) is 0 Å². The van der Waals surface area contributed by atoms with E-state index in [1.54, 1.807) is 0 Å². The zero-order valence-electron chi connectivity index (χ0n) is 55.9. The molecule has 0 bridgehead atoms. The first-order valence-electron chi connectivity index (χ1n) is 37.0. The van der Waals surface area contributed by atoms with E-state index in [9.17, 15) is 19.0 Å². The standard InChI is InChI=1S/C74H142NO8P/c1-3-5-7-9-11-13-15-17-19-21-23-25-27-29-31-32-33-34-35-36-37-38-39-41-42-44-46-48-50-52-54-56-58-60-62-64-66-73(76)80-70-72(71-82-84(78,79)81-69-68-75)83-74(77)67-65-63-61-59-57-55-53-51-49-47-45-43-40-30-28-26-24-22-20-18-16-14-12-10-8-6-4-2/h16,18,22,24,28,30,72H,3-15,17,19-21,23,25-27,29,31-71,75H2,1-2H3,(H,78,79)/b18-16-,24-22-,30-28-. The van der Waals surface area contributed by atoms with Gasteiger partial charge >= 0.3 is 19.8 Å². The van der Waals surface area contributed by atoms with E-state index in [-0.39, 0.29) is 38.6 Å². The lowest BCUT2D eigenvalue weighted by Gasteiger charge is -2.19. The molecule has 2 atom stereocenters. The average Bonchev–Trinajstić information content (AvgIpc) is 3.58. The molecule has 0 radical (unpaired) electrons. The van der Waals surface area contributed by atoms with E-state index in [2.05, 4.69) is 50.3 Å². The first kappa shape index (κ1) is 82.2. The highest BCUT2D eigenvalue weighted by atomic mass is 31.2. The predicted molar refractivity (Wildman–Crippen MR) is 363 cm³/mol. The maximum atomic E-state index is 12.8. The van der Waals surface area contributed by atoms with Crippen LogP contribution in [0.25, 0.3) is 0 Å². The largest absolute Gasteiger partial charge is 0.472 e. The Morgan fingerprint density at radius 2 is 0.619 bits per heavy atom. The van der Waals surface area contributed by atoms with Gasteiger partial charge in [-0.25, -0.2) is 4.57 Å². The summed E-state index contributed by atoms with van der Waals surface area (Å²) in [6.07, 6.45) is 88.4. The molecule has 496 valence electrons. The van der Waals surface area contributed by atoms with Crippen molar-refractivity contribution in [2.75, 3.05) is 26.4 Å². The van der Waals surface area contributed by atoms with Gasteiger partial charge in [0.25, 0.3) is 0 Å². The molecule has 0 fully saturated rings. The second kappa shape index (κ2) is 70.3. The highest BCUT2D eigenvalue weighted by molar-refractivity contribution is 7.47. The topological polar surface area (TPSA) is 134 Å². The van der Waals surface area contributed by atoms with Crippen LogP contribution in [-0.4, -0.2) is 49.3 Å². The van der Waals surface area contributed by atoms with Crippen LogP contribution < -0.4 is 5.73 Å². The van der Waals surface area contributed by atoms with Gasteiger partial charge in [0.05, 0.1) is 13.2 Å². The molecule has 0 aromatic carbocycles. The molecule has 0 aliphatic rings. The Balaban J connectivity index is 3.78. The molecule has 84 heavy (non-hydrogen) atoms. The number of hydrogen-bond acceptors (Lipinski definition) is 8. The molecule has 0 amide bonds. The van der Waals surface area contributed by atoms with Crippen molar-refractivity contribution >= 4 is 19.8 Å². The number of unbranched alkanes of at least 4 members (excludes halogenated alkanes) is 52. The molecule has 0 spiro atoms. The van der Waals surface area contributed by atoms with Crippen LogP contribution in [0.1, 0.15) is 393 Å². The number of nitrogens with two attached hydrogens (primary N) is 1. The highest BCUT2D eigenvalue weighted by Gasteiger charge is 2.26. The summed E-state index contributed by atoms with van der Waals surface area (Å²) in [7, 11) is -4.39. The van der Waals surface area contributed by atoms with Gasteiger partial charge in [-0.2, -0.15) is 0 Å². The number of phosphoric acid groups is 1. The zero-order chi connectivity index (χ0) is 60.9. The van der Waals surface area contributed by atoms with Gasteiger partial charge in [0.1, 0.15) is 6.61 Å². The zero-order valence-corrected chi connectivity index (χ0v) is 56.8. The van der Waals surface area contributed by atoms with Crippen molar-refractivity contribution in [2.45, 2.75) is 399 Å². The van der Waals surface area contributed by atoms with E-state index in [4.69, 9.17) is 24.3 Å². The Bertz CT molecular complexity index is 1470. The summed E-state index contributed by atoms with van der Waals surface area (Å²) in [6, 6.07) is 0. The first-order chi connectivity index (χ1) is 41.3. The molecule has 0 aromatic heterocycles. The lowest BCUT2D eigenvalue weighted by Crippen LogP contribution is -2.29. The van der Waals surface area contributed by atoms with Crippen LogP contribution in [0.5, 0.6) is 0 Å². The van der Waals surface area contributed by atoms with E-state index >= 15 is 0 Å². The maximum absolute atomic E-state index is 12.8. The van der Waals surface area contributed by atoms with Crippen LogP contribution in [-0.2, 0) is 32.7 Å². The maximum Gasteiger partial charge on any atom is 0.472 e. The number of hydrogen-bond donors (Lipinski definition) is 2. The predicted octanol–water partition coefficient (Wildman–Crippen LogP) is 24.3. The number of rotatable bonds is 71. The van der Waals surface area contributed by atoms with Gasteiger partial charge in [-0.05, 0) is 51.4 Å². The van der Waals surface area contributed by atoms with E-state index in [1.807, 2.05) is 0 Å². The van der Waals surface area contributed by atoms with Gasteiger partial charge in [0.15, 0.2) is 6.10 Å². The van der Waals surface area contributed by atoms with Crippen LogP contribution in [0.3, 0.4) is 0 Å². The smallest absolute Gasteiger partial charge is 0.462 e. The molecule has 0 saturated carbocycles. The normalized spacial score (nSPS) is 13.0. The second-order valence-electron chi connectivity index (χ2n) is 25.2. The minimum Gasteiger partial charge on any atom is -0.462 e. The molecule has 0 saturated heterocycles. The van der Waals surface area contributed by atoms with Crippen molar-refractivity contribution in [1.29, 1.82) is 0 Å². The third-order valence-electron chi connectivity index (χ3n) is 16.8. The Kier molecular flexibility index (Phi) is 68.8. The van der Waals surface area contributed by atoms with Gasteiger partial charge < -0.3 is 20.1 Å². The lowest BCUT2D eigenvalue weighted by molar-refractivity contribution is -0.161. The molecule has 0 aromatic rings. The highest BCUT2D eigenvalue weighted by Crippen LogP contribution is 2.43. The van der Waals surface area contributed by atoms with Crippen molar-refractivity contribution in [3.63, 3.8) is 0 Å². The minimum absolute atomic E-state index is 0.0548. The Morgan fingerprint density at radius 3 is 0.917 bits per heavy atom. The molecule has 3 N–H and O–H groups in total. The molecule has 9 nitrogen and oxygen atoms in total. The lowest BCUT2D eigenvalue weighted by atomic mass is 10.0. The van der Waals surface area contributed by atoms with Gasteiger partial charge in [-0.15, -0.1) is 0 Å². The summed E-state index contributed by atoms with van der Waals surface area (Å²) in [5.41, 5.74) is 5.41. The molecular weight excluding hydrogens is 1060 g/mol. The Labute approximate surface area is 522 Å². The average molecular weight is 1200 g/mol. The van der Waals surface area contributed by atoms with E-state index in [0.29, 0.717) is 6.42 Å². The Hall–Kier alpha value is -1.77. The fourth-order valence-electron chi connectivity index (χ4n) is 11.3. The van der Waals surface area contributed by atoms with Gasteiger partial charge in [-0.3, -0.25) is 18.6 Å². The first-order valence-corrected chi connectivity index (χ1v) is 38.5. The van der Waals surface area contributed by atoms with E-state index in [0.717, 1.165) is 51.4 Å². The molecule has 0 rings (SSSR count). The third kappa shape index (κ3) is 69.3. The summed E-state index contributed by atoms with van der Waals surface area (Å²) in [4.78, 5) is 35.4. The van der Waals surface area contributed by atoms with Gasteiger partial charge in [0, 0.05) is 19.4 Å². The molecule has 0 aliphatic heterocycles. The summed E-state index contributed by atoms with van der Waals surface area (Å²) in [5.74, 6) is -0.809. The minimum atomic E-state index is -4.39. The molecule has 0 aliphatic carbocycles. The SMILES string of the molecule is CCCCCCC/C=C\C/C=C\C/C=C\CCCCCCCCCCCCCCC(=O)OC(COC(=O)CCCCCCCCCCCCCCCCCCCCCCCCCCCCCCCCCCCCCC)COP(=O)(O)OCCN. The fraction of sp³-hybridized carbons (Fsp3) is 0.892. The van der Waals surface area contributed by atoms with Crippen molar-refractivity contribution in [3.8, 4) is 0 Å². The molecule has 2 unspecified atom stereocenters. The van der Waals surface area contributed by atoms with Crippen molar-refractivity contribution in [2.24, 2.45) is 5.73 Å². The number of carbonyl (C=O) groups excluding carboxylic acids is 2. The fourth-order valence-corrected chi connectivity index (χ4v) is 12.1. The third-order valence-corrected chi connectivity index (χ3v) is 17.8. The summed E-state index contributed by atoms with van der Waals surface area (Å²) in [5, 5.41) is 0. The number of ether oxygens (including phenoxy) is 2. The van der Waals surface area contributed by atoms with Crippen molar-refractivity contribution in [3.05, 3.63) is 36.5 Å². The second-order valence-corrected chi connectivity index (χ2v) is 26.6. The van der Waals surface area contributed by atoms with Crippen LogP contribution in [0.4, 0.5) is 0 Å². The quantitative estimate of drug-likeness (QED) is 0.0264.